The highest BCUT2D eigenvalue weighted by Gasteiger charge is 2.31. The molecule has 3 heterocycles. The van der Waals surface area contributed by atoms with Crippen molar-refractivity contribution in [2.75, 3.05) is 13.1 Å². The smallest absolute Gasteiger partial charge is 0.234 e. The molecule has 0 radical (unpaired) electrons. The average Bonchev–Trinajstić information content (AvgIpc) is 2.97. The second-order valence-electron chi connectivity index (χ2n) is 9.41. The van der Waals surface area contributed by atoms with Crippen LogP contribution in [0.5, 0.6) is 0 Å². The van der Waals surface area contributed by atoms with E-state index in [0.717, 1.165) is 24.0 Å². The summed E-state index contributed by atoms with van der Waals surface area (Å²) in [4.78, 5) is 26.4. The minimum atomic E-state index is -0.234. The van der Waals surface area contributed by atoms with Gasteiger partial charge in [-0.2, -0.15) is 0 Å². The van der Waals surface area contributed by atoms with Crippen LogP contribution in [0.25, 0.3) is 10.9 Å². The number of aryl methyl sites for hydroxylation is 1. The molecule has 0 spiro atoms. The van der Waals surface area contributed by atoms with Crippen molar-refractivity contribution in [1.29, 1.82) is 0 Å². The number of nitrogens with one attached hydrogen (secondary N) is 1. The molecule has 0 aliphatic carbocycles. The Morgan fingerprint density at radius 3 is 2.43 bits per heavy atom. The number of fused-ring (bicyclic) bond motifs is 1. The van der Waals surface area contributed by atoms with E-state index in [2.05, 4.69) is 60.0 Å². The van der Waals surface area contributed by atoms with Gasteiger partial charge < -0.3 is 4.57 Å². The van der Waals surface area contributed by atoms with Gasteiger partial charge in [0.15, 0.2) is 0 Å². The molecule has 4 rings (SSSR count). The second kappa shape index (κ2) is 7.03. The number of nitrogens with zero attached hydrogens (tertiary/aromatic N) is 2. The van der Waals surface area contributed by atoms with E-state index in [0.29, 0.717) is 18.8 Å². The monoisotopic (exact) mass is 381 g/mol. The second-order valence-corrected chi connectivity index (χ2v) is 9.41. The van der Waals surface area contributed by atoms with Crippen molar-refractivity contribution in [2.45, 2.75) is 63.8 Å². The Hall–Kier alpha value is -2.14. The molecule has 1 unspecified atom stereocenters. The van der Waals surface area contributed by atoms with Crippen LogP contribution < -0.4 is 5.32 Å². The molecule has 2 aliphatic rings. The fraction of sp³-hybridized carbons (Fsp3) is 0.565. The number of piperidine rings is 2. The van der Waals surface area contributed by atoms with E-state index < -0.39 is 0 Å². The van der Waals surface area contributed by atoms with Gasteiger partial charge in [-0.1, -0.05) is 12.1 Å². The maximum absolute atomic E-state index is 12.3. The van der Waals surface area contributed by atoms with Gasteiger partial charge in [0.25, 0.3) is 0 Å². The van der Waals surface area contributed by atoms with Gasteiger partial charge in [0.2, 0.25) is 11.8 Å². The first kappa shape index (κ1) is 19.2. The molecule has 2 fully saturated rings. The van der Waals surface area contributed by atoms with E-state index in [1.165, 1.54) is 23.9 Å². The number of benzene rings is 1. The Morgan fingerprint density at radius 1 is 1.07 bits per heavy atom. The summed E-state index contributed by atoms with van der Waals surface area (Å²) in [6.07, 6.45) is 5.45. The van der Waals surface area contributed by atoms with Gasteiger partial charge in [0.1, 0.15) is 0 Å². The van der Waals surface area contributed by atoms with Crippen molar-refractivity contribution in [3.8, 4) is 0 Å². The molecule has 1 aromatic heterocycles. The summed E-state index contributed by atoms with van der Waals surface area (Å²) in [6, 6.07) is 6.73. The summed E-state index contributed by atoms with van der Waals surface area (Å²) in [5, 5.41) is 3.62. The molecule has 2 aliphatic heterocycles. The number of imide groups is 1. The molecule has 2 aromatic rings. The number of hydrogen-bond donors (Lipinski definition) is 1. The molecule has 0 saturated carbocycles. The fourth-order valence-electron chi connectivity index (χ4n) is 4.84. The summed E-state index contributed by atoms with van der Waals surface area (Å²) in [5.41, 5.74) is 3.85. The number of likely N-dealkylation sites (tertiary alicyclic amines) is 1. The third-order valence-electron chi connectivity index (χ3n) is 6.58. The molecule has 150 valence electrons. The van der Waals surface area contributed by atoms with E-state index in [-0.39, 0.29) is 23.3 Å². The van der Waals surface area contributed by atoms with Crippen LogP contribution in [0.1, 0.15) is 69.4 Å². The maximum Gasteiger partial charge on any atom is 0.234 e. The van der Waals surface area contributed by atoms with E-state index in [9.17, 15) is 9.59 Å². The van der Waals surface area contributed by atoms with Crippen LogP contribution in [-0.2, 0) is 16.6 Å². The van der Waals surface area contributed by atoms with Crippen LogP contribution in [-0.4, -0.2) is 39.9 Å². The number of aromatic nitrogens is 1. The van der Waals surface area contributed by atoms with Crippen molar-refractivity contribution in [3.05, 3.63) is 35.5 Å². The van der Waals surface area contributed by atoms with Crippen LogP contribution in [0.2, 0.25) is 0 Å². The predicted molar refractivity (Wildman–Crippen MR) is 111 cm³/mol. The molecule has 1 N–H and O–H groups in total. The standard InChI is InChI=1S/C23H31N3O2/c1-23(2,3)26-11-9-15(10-12-26)16-5-6-17-19(14-25(4)20(17)13-16)18-7-8-21(27)24-22(18)28/h5-6,13-15,18H,7-12H2,1-4H3,(H,24,27,28). The molecule has 5 heteroatoms. The topological polar surface area (TPSA) is 54.3 Å². The van der Waals surface area contributed by atoms with Gasteiger partial charge in [0, 0.05) is 36.1 Å². The minimum Gasteiger partial charge on any atom is -0.350 e. The molecular formula is C23H31N3O2. The van der Waals surface area contributed by atoms with Crippen molar-refractivity contribution in [1.82, 2.24) is 14.8 Å². The van der Waals surface area contributed by atoms with E-state index in [4.69, 9.17) is 0 Å². The van der Waals surface area contributed by atoms with Gasteiger partial charge in [-0.3, -0.25) is 19.8 Å². The van der Waals surface area contributed by atoms with Crippen LogP contribution in [0.3, 0.4) is 0 Å². The average molecular weight is 382 g/mol. The van der Waals surface area contributed by atoms with Gasteiger partial charge in [-0.15, -0.1) is 0 Å². The third-order valence-corrected chi connectivity index (χ3v) is 6.58. The Bertz CT molecular complexity index is 914. The molecule has 1 aromatic carbocycles. The molecule has 1 atom stereocenters. The lowest BCUT2D eigenvalue weighted by atomic mass is 9.86. The van der Waals surface area contributed by atoms with Crippen LogP contribution >= 0.6 is 0 Å². The quantitative estimate of drug-likeness (QED) is 0.808. The summed E-state index contributed by atoms with van der Waals surface area (Å²) in [6.45, 7) is 9.15. The van der Waals surface area contributed by atoms with Crippen LogP contribution in [0, 0.1) is 0 Å². The van der Waals surface area contributed by atoms with E-state index >= 15 is 0 Å². The Balaban J connectivity index is 1.58. The molecule has 0 bridgehead atoms. The first-order chi connectivity index (χ1) is 13.2. The number of carbonyl (C=O) groups excluding carboxylic acids is 2. The summed E-state index contributed by atoms with van der Waals surface area (Å²) in [5.74, 6) is 0.0342. The van der Waals surface area contributed by atoms with E-state index in [1.807, 2.05) is 7.05 Å². The highest BCUT2D eigenvalue weighted by Crippen LogP contribution is 2.36. The van der Waals surface area contributed by atoms with Gasteiger partial charge >= 0.3 is 0 Å². The van der Waals surface area contributed by atoms with Gasteiger partial charge in [-0.25, -0.2) is 0 Å². The minimum absolute atomic E-state index is 0.162. The van der Waals surface area contributed by atoms with Crippen molar-refractivity contribution >= 4 is 22.7 Å². The third kappa shape index (κ3) is 3.48. The molecule has 28 heavy (non-hydrogen) atoms. The van der Waals surface area contributed by atoms with Gasteiger partial charge in [-0.05, 0) is 76.2 Å². The predicted octanol–water partition coefficient (Wildman–Crippen LogP) is 3.68. The SMILES string of the molecule is Cn1cc(C2CCC(=O)NC2=O)c2ccc(C3CCN(C(C)(C)C)CC3)cc21. The lowest BCUT2D eigenvalue weighted by Gasteiger charge is -2.41. The first-order valence-corrected chi connectivity index (χ1v) is 10.4. The molecular weight excluding hydrogens is 350 g/mol. The van der Waals surface area contributed by atoms with Crippen molar-refractivity contribution < 1.29 is 9.59 Å². The fourth-order valence-corrected chi connectivity index (χ4v) is 4.84. The molecule has 2 saturated heterocycles. The molecule has 2 amide bonds. The zero-order chi connectivity index (χ0) is 20.1. The number of rotatable bonds is 2. The Morgan fingerprint density at radius 2 is 1.79 bits per heavy atom. The number of hydrogen-bond acceptors (Lipinski definition) is 3. The zero-order valence-electron chi connectivity index (χ0n) is 17.4. The lowest BCUT2D eigenvalue weighted by Crippen LogP contribution is -2.45. The number of carbonyl (C=O) groups is 2. The summed E-state index contributed by atoms with van der Waals surface area (Å²) >= 11 is 0. The summed E-state index contributed by atoms with van der Waals surface area (Å²) < 4.78 is 2.13. The highest BCUT2D eigenvalue weighted by molar-refractivity contribution is 6.03. The maximum atomic E-state index is 12.3. The number of amides is 2. The largest absolute Gasteiger partial charge is 0.350 e. The van der Waals surface area contributed by atoms with Crippen molar-refractivity contribution in [3.63, 3.8) is 0 Å². The zero-order valence-corrected chi connectivity index (χ0v) is 17.4. The van der Waals surface area contributed by atoms with Crippen LogP contribution in [0.15, 0.2) is 24.4 Å². The normalized spacial score (nSPS) is 22.6. The summed E-state index contributed by atoms with van der Waals surface area (Å²) in [7, 11) is 2.05. The highest BCUT2D eigenvalue weighted by atomic mass is 16.2. The van der Waals surface area contributed by atoms with Crippen molar-refractivity contribution in [2.24, 2.45) is 7.05 Å². The lowest BCUT2D eigenvalue weighted by molar-refractivity contribution is -0.134. The van der Waals surface area contributed by atoms with Gasteiger partial charge in [0.05, 0.1) is 5.92 Å². The van der Waals surface area contributed by atoms with E-state index in [1.54, 1.807) is 0 Å². The molecule has 5 nitrogen and oxygen atoms in total. The van der Waals surface area contributed by atoms with Crippen LogP contribution in [0.4, 0.5) is 0 Å². The Labute approximate surface area is 167 Å². The first-order valence-electron chi connectivity index (χ1n) is 10.4. The Kier molecular flexibility index (Phi) is 4.82.